The third-order valence-electron chi connectivity index (χ3n) is 11.5. The number of carbonyl (C=O) groups is 2. The summed E-state index contributed by atoms with van der Waals surface area (Å²) >= 11 is 0. The Labute approximate surface area is 372 Å². The first-order valence-electron chi connectivity index (χ1n) is 21.5. The molecule has 0 saturated carbocycles. The Kier molecular flexibility index (Phi) is 15.5. The largest absolute Gasteiger partial charge is 0.394 e. The van der Waals surface area contributed by atoms with Crippen LogP contribution in [0.2, 0.25) is 0 Å². The first-order valence-corrected chi connectivity index (χ1v) is 21.5. The maximum atomic E-state index is 14.2. The minimum atomic E-state index is -1.61. The molecule has 3 aliphatic heterocycles. The van der Waals surface area contributed by atoms with Gasteiger partial charge in [0.05, 0.1) is 57.4 Å². The number of aliphatic hydroxyl groups is 2. The lowest BCUT2D eigenvalue weighted by Gasteiger charge is -2.50. The second-order valence-corrected chi connectivity index (χ2v) is 15.8. The van der Waals surface area contributed by atoms with Crippen molar-refractivity contribution >= 4 is 11.8 Å². The molecule has 2 saturated heterocycles. The number of hydrogen-bond donors (Lipinski definition) is 2. The molecule has 13 nitrogen and oxygen atoms in total. The highest BCUT2D eigenvalue weighted by molar-refractivity contribution is 6.21. The third-order valence-corrected chi connectivity index (χ3v) is 11.5. The molecule has 2 N–H and O–H groups in total. The molecule has 0 aromatic heterocycles. The van der Waals surface area contributed by atoms with Crippen LogP contribution in [0.25, 0.3) is 0 Å². The van der Waals surface area contributed by atoms with Gasteiger partial charge in [-0.05, 0) is 34.4 Å². The van der Waals surface area contributed by atoms with Crippen LogP contribution in [0.1, 0.15) is 43.0 Å². The quantitative estimate of drug-likeness (QED) is 0.0696. The Hall–Kier alpha value is -5.42. The SMILES string of the molecule is C=CCO[C@@H]1O[C@H](CO)[C@@H](O)[C@H](O[C@H]2O[C@H](COCc3ccccc3)[C@H](OCc3ccccc3)[C@H](OCc3ccccc3)[C@H]2OCc2ccccc2)[C@H]1N1C(=O)c2ccccc2C1=O. The monoisotopic (exact) mass is 871 g/mol. The van der Waals surface area contributed by atoms with E-state index in [0.717, 1.165) is 27.2 Å². The molecule has 13 heteroatoms. The molecule has 5 aromatic rings. The number of fused-ring (bicyclic) bond motifs is 1. The molecule has 0 radical (unpaired) electrons. The van der Waals surface area contributed by atoms with E-state index in [4.69, 9.17) is 37.9 Å². The third kappa shape index (κ3) is 10.6. The number of benzene rings is 5. The standard InChI is InChI=1S/C51H53NO12/c1-2-27-58-50-42(52-48(55)38-25-15-16-26-39(38)49(52)56)45(43(54)40(28-53)62-50)64-51-47(61-32-37-23-13-6-14-24-37)46(60-31-36-21-11-5-12-22-36)44(59-30-35-19-9-4-10-20-35)41(63-51)33-57-29-34-17-7-3-8-18-34/h2-26,40-47,50-51,53-54H,1,27-33H2/t40-,41-,42-,43-,44+,45-,46+,47-,50-,51-/m1/s1. The minimum absolute atomic E-state index is 0.0211. The van der Waals surface area contributed by atoms with Crippen LogP contribution >= 0.6 is 0 Å². The van der Waals surface area contributed by atoms with Crippen LogP contribution in [0.15, 0.2) is 158 Å². The molecular weight excluding hydrogens is 819 g/mol. The molecule has 3 aliphatic rings. The molecule has 2 fully saturated rings. The molecule has 5 aromatic carbocycles. The van der Waals surface area contributed by atoms with Crippen LogP contribution in [0, 0.1) is 0 Å². The average molecular weight is 872 g/mol. The van der Waals surface area contributed by atoms with E-state index in [-0.39, 0.29) is 50.8 Å². The van der Waals surface area contributed by atoms with Gasteiger partial charge in [0.2, 0.25) is 0 Å². The van der Waals surface area contributed by atoms with Crippen molar-refractivity contribution in [2.75, 3.05) is 19.8 Å². The number of ether oxygens (including phenoxy) is 8. The lowest BCUT2D eigenvalue weighted by Crippen LogP contribution is -2.69. The summed E-state index contributed by atoms with van der Waals surface area (Å²) in [5.74, 6) is -1.26. The Balaban J connectivity index is 1.20. The van der Waals surface area contributed by atoms with Crippen LogP contribution in [0.5, 0.6) is 0 Å². The van der Waals surface area contributed by atoms with Gasteiger partial charge in [-0.15, -0.1) is 6.58 Å². The number of imide groups is 1. The summed E-state index contributed by atoms with van der Waals surface area (Å²) in [6.45, 7) is 3.82. The lowest BCUT2D eigenvalue weighted by atomic mass is 9.94. The zero-order valence-electron chi connectivity index (χ0n) is 35.3. The van der Waals surface area contributed by atoms with Crippen molar-refractivity contribution in [3.05, 3.63) is 192 Å². The van der Waals surface area contributed by atoms with E-state index in [1.807, 2.05) is 121 Å². The Morgan fingerprint density at radius 3 is 1.50 bits per heavy atom. The molecule has 0 bridgehead atoms. The summed E-state index contributed by atoms with van der Waals surface area (Å²) in [6, 6.07) is 43.8. The Morgan fingerprint density at radius 1 is 0.547 bits per heavy atom. The van der Waals surface area contributed by atoms with Crippen molar-refractivity contribution in [3.63, 3.8) is 0 Å². The number of amides is 2. The van der Waals surface area contributed by atoms with E-state index in [0.29, 0.717) is 0 Å². The number of rotatable bonds is 20. The molecule has 64 heavy (non-hydrogen) atoms. The highest BCUT2D eigenvalue weighted by atomic mass is 16.7. The van der Waals surface area contributed by atoms with E-state index in [2.05, 4.69) is 6.58 Å². The van der Waals surface area contributed by atoms with Gasteiger partial charge in [-0.3, -0.25) is 14.5 Å². The minimum Gasteiger partial charge on any atom is -0.394 e. The van der Waals surface area contributed by atoms with Crippen molar-refractivity contribution < 1.29 is 57.7 Å². The second-order valence-electron chi connectivity index (χ2n) is 15.8. The zero-order chi connectivity index (χ0) is 44.3. The average Bonchev–Trinajstić information content (AvgIpc) is 3.59. The van der Waals surface area contributed by atoms with Gasteiger partial charge in [0.15, 0.2) is 12.6 Å². The maximum Gasteiger partial charge on any atom is 0.262 e. The molecule has 334 valence electrons. The number of carbonyl (C=O) groups excluding carboxylic acids is 2. The van der Waals surface area contributed by atoms with Crippen LogP contribution in [0.4, 0.5) is 0 Å². The van der Waals surface area contributed by atoms with E-state index in [1.165, 1.54) is 6.08 Å². The molecule has 0 unspecified atom stereocenters. The predicted octanol–water partition coefficient (Wildman–Crippen LogP) is 6.02. The van der Waals surface area contributed by atoms with Gasteiger partial charge in [-0.1, -0.05) is 140 Å². The van der Waals surface area contributed by atoms with Crippen LogP contribution in [-0.4, -0.2) is 108 Å². The molecule has 0 spiro atoms. The van der Waals surface area contributed by atoms with E-state index in [9.17, 15) is 19.8 Å². The normalized spacial score (nSPS) is 26.8. The first-order chi connectivity index (χ1) is 31.4. The number of aliphatic hydroxyl groups excluding tert-OH is 2. The summed E-state index contributed by atoms with van der Waals surface area (Å²) < 4.78 is 52.9. The molecule has 0 aliphatic carbocycles. The summed E-state index contributed by atoms with van der Waals surface area (Å²) in [5, 5.41) is 22.7. The molecular formula is C51H53NO12. The van der Waals surface area contributed by atoms with Crippen LogP contribution < -0.4 is 0 Å². The van der Waals surface area contributed by atoms with E-state index < -0.39 is 79.8 Å². The van der Waals surface area contributed by atoms with Gasteiger partial charge < -0.3 is 48.1 Å². The fourth-order valence-corrected chi connectivity index (χ4v) is 8.27. The van der Waals surface area contributed by atoms with Gasteiger partial charge in [-0.25, -0.2) is 0 Å². The second kappa shape index (κ2) is 22.0. The summed E-state index contributed by atoms with van der Waals surface area (Å²) in [6.07, 6.45) is -9.18. The van der Waals surface area contributed by atoms with Gasteiger partial charge in [-0.2, -0.15) is 0 Å². The molecule has 2 amide bonds. The van der Waals surface area contributed by atoms with Gasteiger partial charge in [0.25, 0.3) is 11.8 Å². The van der Waals surface area contributed by atoms with Crippen molar-refractivity contribution in [3.8, 4) is 0 Å². The van der Waals surface area contributed by atoms with Crippen molar-refractivity contribution in [1.82, 2.24) is 4.90 Å². The van der Waals surface area contributed by atoms with Crippen LogP contribution in [-0.2, 0) is 64.3 Å². The highest BCUT2D eigenvalue weighted by Gasteiger charge is 2.57. The van der Waals surface area contributed by atoms with Gasteiger partial charge >= 0.3 is 0 Å². The highest BCUT2D eigenvalue weighted by Crippen LogP contribution is 2.38. The number of hydrogen-bond acceptors (Lipinski definition) is 12. The Morgan fingerprint density at radius 2 is 1.00 bits per heavy atom. The Bertz CT molecular complexity index is 2210. The molecule has 8 rings (SSSR count). The van der Waals surface area contributed by atoms with Gasteiger partial charge in [0.1, 0.15) is 48.8 Å². The summed E-state index contributed by atoms with van der Waals surface area (Å²) in [5.41, 5.74) is 3.96. The fraction of sp³-hybridized carbons (Fsp3) is 0.333. The summed E-state index contributed by atoms with van der Waals surface area (Å²) in [4.78, 5) is 29.4. The van der Waals surface area contributed by atoms with Crippen molar-refractivity contribution in [1.29, 1.82) is 0 Å². The summed E-state index contributed by atoms with van der Waals surface area (Å²) in [7, 11) is 0. The fourth-order valence-electron chi connectivity index (χ4n) is 8.27. The van der Waals surface area contributed by atoms with Crippen LogP contribution in [0.3, 0.4) is 0 Å². The number of nitrogens with zero attached hydrogens (tertiary/aromatic N) is 1. The van der Waals surface area contributed by atoms with E-state index >= 15 is 0 Å². The molecule has 10 atom stereocenters. The van der Waals surface area contributed by atoms with E-state index in [1.54, 1.807) is 24.3 Å². The first kappa shape index (κ1) is 45.2. The predicted molar refractivity (Wildman–Crippen MR) is 233 cm³/mol. The van der Waals surface area contributed by atoms with Crippen molar-refractivity contribution in [2.45, 2.75) is 87.8 Å². The van der Waals surface area contributed by atoms with Crippen molar-refractivity contribution in [2.24, 2.45) is 0 Å². The smallest absolute Gasteiger partial charge is 0.262 e. The molecule has 3 heterocycles. The topological polar surface area (TPSA) is 152 Å². The zero-order valence-corrected chi connectivity index (χ0v) is 35.3. The maximum absolute atomic E-state index is 14.2. The van der Waals surface area contributed by atoms with Gasteiger partial charge in [0, 0.05) is 0 Å². The lowest BCUT2D eigenvalue weighted by molar-refractivity contribution is -0.362.